The summed E-state index contributed by atoms with van der Waals surface area (Å²) in [6, 6.07) is 0.426. The van der Waals surface area contributed by atoms with Crippen LogP contribution in [0.15, 0.2) is 10.9 Å². The molecule has 1 saturated carbocycles. The first-order chi connectivity index (χ1) is 15.6. The van der Waals surface area contributed by atoms with Crippen LogP contribution in [0, 0.1) is 13.8 Å². The number of amides is 1. The molecule has 3 aromatic heterocycles. The largest absolute Gasteiger partial charge is 0.368 e. The van der Waals surface area contributed by atoms with Gasteiger partial charge in [-0.3, -0.25) is 4.79 Å². The number of likely N-dealkylation sites (tertiary alicyclic amines) is 1. The fourth-order valence-electron chi connectivity index (χ4n) is 5.00. The molecule has 4 heterocycles. The molecule has 2 aliphatic rings. The Hall–Kier alpha value is -2.97. The van der Waals surface area contributed by atoms with Gasteiger partial charge in [0.05, 0.1) is 17.6 Å². The molecule has 0 spiro atoms. The number of hydrogen-bond donors (Lipinski definition) is 1. The van der Waals surface area contributed by atoms with Gasteiger partial charge in [0, 0.05) is 32.1 Å². The van der Waals surface area contributed by atoms with Crippen LogP contribution >= 0.6 is 0 Å². The predicted molar refractivity (Wildman–Crippen MR) is 121 cm³/mol. The third-order valence-corrected chi connectivity index (χ3v) is 6.72. The lowest BCUT2D eigenvalue weighted by Crippen LogP contribution is -2.27. The molecule has 3 aromatic rings. The van der Waals surface area contributed by atoms with Crippen molar-refractivity contribution in [2.24, 2.45) is 0 Å². The number of imidazole rings is 1. The lowest BCUT2D eigenvalue weighted by molar-refractivity contribution is -0.127. The fraction of sp³-hybridized carbons (Fsp3) is 0.609. The summed E-state index contributed by atoms with van der Waals surface area (Å²) in [6.07, 6.45) is 10.5. The Bertz CT molecular complexity index is 1090. The van der Waals surface area contributed by atoms with Gasteiger partial charge >= 0.3 is 0 Å². The number of carbonyl (C=O) groups excluding carboxylic acids is 1. The summed E-state index contributed by atoms with van der Waals surface area (Å²) in [5.74, 6) is 2.32. The summed E-state index contributed by atoms with van der Waals surface area (Å²) >= 11 is 0. The topological polar surface area (TPSA) is 102 Å². The molecular formula is C23H31N7O2. The Morgan fingerprint density at radius 1 is 1.16 bits per heavy atom. The van der Waals surface area contributed by atoms with E-state index in [1.807, 2.05) is 25.1 Å². The van der Waals surface area contributed by atoms with Crippen molar-refractivity contribution in [3.8, 4) is 11.4 Å². The lowest BCUT2D eigenvalue weighted by atomic mass is 9.95. The average molecular weight is 438 g/mol. The van der Waals surface area contributed by atoms with Gasteiger partial charge in [0.25, 0.3) is 0 Å². The zero-order chi connectivity index (χ0) is 22.1. The second-order valence-corrected chi connectivity index (χ2v) is 8.98. The van der Waals surface area contributed by atoms with Crippen molar-refractivity contribution < 1.29 is 9.32 Å². The van der Waals surface area contributed by atoms with E-state index in [0.29, 0.717) is 30.6 Å². The molecule has 9 nitrogen and oxygen atoms in total. The Morgan fingerprint density at radius 2 is 2.00 bits per heavy atom. The van der Waals surface area contributed by atoms with Crippen molar-refractivity contribution >= 4 is 22.9 Å². The molecule has 0 bridgehead atoms. The molecule has 1 amide bonds. The first kappa shape index (κ1) is 20.9. The van der Waals surface area contributed by atoms with Crippen molar-refractivity contribution in [3.05, 3.63) is 17.8 Å². The molecular weight excluding hydrogens is 406 g/mol. The number of anilines is 1. The number of rotatable bonds is 7. The van der Waals surface area contributed by atoms with Gasteiger partial charge < -0.3 is 19.3 Å². The molecule has 5 rings (SSSR count). The molecule has 9 heteroatoms. The maximum absolute atomic E-state index is 11.9. The van der Waals surface area contributed by atoms with Gasteiger partial charge in [0.15, 0.2) is 17.3 Å². The van der Waals surface area contributed by atoms with E-state index in [0.717, 1.165) is 67.0 Å². The van der Waals surface area contributed by atoms with Crippen molar-refractivity contribution in [1.82, 2.24) is 29.6 Å². The van der Waals surface area contributed by atoms with Gasteiger partial charge in [-0.25, -0.2) is 15.0 Å². The van der Waals surface area contributed by atoms with Crippen LogP contribution < -0.4 is 5.32 Å². The number of carbonyl (C=O) groups is 1. The zero-order valence-corrected chi connectivity index (χ0v) is 18.9. The lowest BCUT2D eigenvalue weighted by Gasteiger charge is -2.23. The van der Waals surface area contributed by atoms with Gasteiger partial charge in [-0.1, -0.05) is 24.4 Å². The van der Waals surface area contributed by atoms with Crippen LogP contribution in [0.4, 0.5) is 5.82 Å². The number of fused-ring (bicyclic) bond motifs is 1. The molecule has 0 atom stereocenters. The monoisotopic (exact) mass is 437 g/mol. The van der Waals surface area contributed by atoms with Gasteiger partial charge in [-0.05, 0) is 39.5 Å². The van der Waals surface area contributed by atoms with Crippen LogP contribution in [0.2, 0.25) is 0 Å². The summed E-state index contributed by atoms with van der Waals surface area (Å²) in [7, 11) is 0. The van der Waals surface area contributed by atoms with E-state index in [1.54, 1.807) is 0 Å². The summed E-state index contributed by atoms with van der Waals surface area (Å²) < 4.78 is 7.61. The molecule has 170 valence electrons. The molecule has 0 radical (unpaired) electrons. The standard InChI is InChI=1S/C23H31N7O2/c1-15-19(16(2)32-28-15)21-26-22(24-11-7-13-29-12-6-10-18(29)31)20-23(27-21)30(14-25-20)17-8-4-3-5-9-17/h14,17H,3-13H2,1-2H3,(H,24,26,27). The maximum Gasteiger partial charge on any atom is 0.222 e. The minimum Gasteiger partial charge on any atom is -0.368 e. The Labute approximate surface area is 187 Å². The van der Waals surface area contributed by atoms with E-state index in [1.165, 1.54) is 19.3 Å². The van der Waals surface area contributed by atoms with Crippen molar-refractivity contribution in [2.75, 3.05) is 25.0 Å². The fourth-order valence-corrected chi connectivity index (χ4v) is 5.00. The highest BCUT2D eigenvalue weighted by Crippen LogP contribution is 2.33. The third kappa shape index (κ3) is 3.96. The average Bonchev–Trinajstić information content (AvgIpc) is 3.50. The highest BCUT2D eigenvalue weighted by Gasteiger charge is 2.23. The van der Waals surface area contributed by atoms with E-state index in [9.17, 15) is 4.79 Å². The van der Waals surface area contributed by atoms with Crippen LogP contribution in [-0.4, -0.2) is 55.1 Å². The minimum atomic E-state index is 0.265. The minimum absolute atomic E-state index is 0.265. The SMILES string of the molecule is Cc1noc(C)c1-c1nc(NCCCN2CCCC2=O)c2ncn(C3CCCCC3)c2n1. The second kappa shape index (κ2) is 8.88. The Kier molecular flexibility index (Phi) is 5.80. The molecule has 1 N–H and O–H groups in total. The van der Waals surface area contributed by atoms with Gasteiger partial charge in [-0.15, -0.1) is 0 Å². The molecule has 1 aliphatic carbocycles. The van der Waals surface area contributed by atoms with E-state index < -0.39 is 0 Å². The van der Waals surface area contributed by atoms with Crippen LogP contribution in [0.5, 0.6) is 0 Å². The first-order valence-corrected chi connectivity index (χ1v) is 11.8. The Morgan fingerprint density at radius 3 is 2.72 bits per heavy atom. The van der Waals surface area contributed by atoms with Crippen molar-refractivity contribution in [1.29, 1.82) is 0 Å². The predicted octanol–water partition coefficient (Wildman–Crippen LogP) is 4.03. The molecule has 0 aromatic carbocycles. The second-order valence-electron chi connectivity index (χ2n) is 8.98. The van der Waals surface area contributed by atoms with E-state index in [2.05, 4.69) is 15.0 Å². The summed E-state index contributed by atoms with van der Waals surface area (Å²) in [5.41, 5.74) is 3.28. The van der Waals surface area contributed by atoms with Gasteiger partial charge in [-0.2, -0.15) is 0 Å². The number of aryl methyl sites for hydroxylation is 2. The smallest absolute Gasteiger partial charge is 0.222 e. The van der Waals surface area contributed by atoms with Gasteiger partial charge in [0.2, 0.25) is 5.91 Å². The van der Waals surface area contributed by atoms with Crippen molar-refractivity contribution in [2.45, 2.75) is 71.3 Å². The van der Waals surface area contributed by atoms with E-state index in [4.69, 9.17) is 19.5 Å². The highest BCUT2D eigenvalue weighted by atomic mass is 16.5. The molecule has 2 fully saturated rings. The van der Waals surface area contributed by atoms with Crippen LogP contribution in [0.25, 0.3) is 22.6 Å². The third-order valence-electron chi connectivity index (χ3n) is 6.72. The zero-order valence-electron chi connectivity index (χ0n) is 18.9. The molecule has 1 saturated heterocycles. The van der Waals surface area contributed by atoms with Crippen LogP contribution in [-0.2, 0) is 4.79 Å². The van der Waals surface area contributed by atoms with Crippen molar-refractivity contribution in [3.63, 3.8) is 0 Å². The summed E-state index contributed by atoms with van der Waals surface area (Å²) in [6.45, 7) is 6.17. The molecule has 32 heavy (non-hydrogen) atoms. The normalized spacial score (nSPS) is 17.6. The Balaban J connectivity index is 1.45. The highest BCUT2D eigenvalue weighted by molar-refractivity contribution is 5.85. The number of nitrogens with zero attached hydrogens (tertiary/aromatic N) is 6. The maximum atomic E-state index is 11.9. The quantitative estimate of drug-likeness (QED) is 0.557. The molecule has 1 aliphatic heterocycles. The van der Waals surface area contributed by atoms with E-state index in [-0.39, 0.29) is 5.91 Å². The van der Waals surface area contributed by atoms with Crippen LogP contribution in [0.3, 0.4) is 0 Å². The number of hydrogen-bond acceptors (Lipinski definition) is 7. The van der Waals surface area contributed by atoms with Gasteiger partial charge in [0.1, 0.15) is 11.3 Å². The van der Waals surface area contributed by atoms with E-state index >= 15 is 0 Å². The summed E-state index contributed by atoms with van der Waals surface area (Å²) in [4.78, 5) is 28.3. The van der Waals surface area contributed by atoms with Crippen LogP contribution in [0.1, 0.15) is 68.9 Å². The number of aromatic nitrogens is 5. The first-order valence-electron chi connectivity index (χ1n) is 11.8. The molecule has 0 unspecified atom stereocenters. The summed E-state index contributed by atoms with van der Waals surface area (Å²) in [5, 5.41) is 7.56. The number of nitrogens with one attached hydrogen (secondary N) is 1.